The summed E-state index contributed by atoms with van der Waals surface area (Å²) in [7, 11) is 1.26. The van der Waals surface area contributed by atoms with Crippen LogP contribution in [0.3, 0.4) is 0 Å². The minimum absolute atomic E-state index is 0.0329. The Kier molecular flexibility index (Phi) is 21.5. The van der Waals surface area contributed by atoms with Crippen LogP contribution >= 0.6 is 0 Å². The third-order valence-corrected chi connectivity index (χ3v) is 16.4. The van der Waals surface area contributed by atoms with E-state index in [1.54, 1.807) is 146 Å². The Labute approximate surface area is 564 Å². The Morgan fingerprint density at radius 1 is 0.255 bits per heavy atom. The summed E-state index contributed by atoms with van der Waals surface area (Å²) in [4.78, 5) is 102. The number of hydrogen-bond acceptors (Lipinski definition) is 18. The topological polar surface area (TPSA) is 221 Å². The van der Waals surface area contributed by atoms with E-state index in [0.717, 1.165) is 33.4 Å². The van der Waals surface area contributed by atoms with Gasteiger partial charge in [0.1, 0.15) is 18.8 Å². The highest BCUT2D eigenvalue weighted by Gasteiger charge is 2.57. The molecule has 2 aliphatic rings. The summed E-state index contributed by atoms with van der Waals surface area (Å²) in [6, 6.07) is 79.7. The highest BCUT2D eigenvalue weighted by atomic mass is 16.8. The van der Waals surface area contributed by atoms with Gasteiger partial charge in [0.05, 0.1) is 45.6 Å². The first-order valence-electron chi connectivity index (χ1n) is 31.5. The van der Waals surface area contributed by atoms with Crippen LogP contribution in [-0.2, 0) is 52.1 Å². The molecule has 0 saturated carbocycles. The first-order valence-corrected chi connectivity index (χ1v) is 31.5. The van der Waals surface area contributed by atoms with Crippen LogP contribution in [-0.4, -0.2) is 124 Å². The summed E-state index contributed by atoms with van der Waals surface area (Å²) in [6.07, 6.45) is -17.5. The molecule has 2 saturated heterocycles. The number of esters is 7. The fourth-order valence-corrected chi connectivity index (χ4v) is 11.3. The van der Waals surface area contributed by atoms with Crippen molar-refractivity contribution >= 4 is 41.8 Å². The lowest BCUT2D eigenvalue weighted by Crippen LogP contribution is -2.65. The number of methoxy groups -OCH3 is 1. The van der Waals surface area contributed by atoms with E-state index in [1.165, 1.54) is 55.6 Å². The fraction of sp³-hybridized carbons (Fsp3) is 0.163. The number of carbonyl (C=O) groups excluding carboxylic acids is 7. The number of hydrogen-bond donors (Lipinski definition) is 0. The van der Waals surface area contributed by atoms with Crippen molar-refractivity contribution in [3.8, 4) is 33.4 Å². The molecule has 0 radical (unpaired) electrons. The predicted molar refractivity (Wildman–Crippen MR) is 357 cm³/mol. The smallest absolute Gasteiger partial charge is 0.338 e. The largest absolute Gasteiger partial charge is 0.459 e. The summed E-state index contributed by atoms with van der Waals surface area (Å²) in [5.41, 5.74) is 5.46. The van der Waals surface area contributed by atoms with Gasteiger partial charge in [-0.1, -0.05) is 200 Å². The second kappa shape index (κ2) is 31.7. The van der Waals surface area contributed by atoms with Crippen molar-refractivity contribution in [1.29, 1.82) is 0 Å². The molecule has 2 heterocycles. The molecule has 18 heteroatoms. The molecule has 0 spiro atoms. The average molecular weight is 1310 g/mol. The van der Waals surface area contributed by atoms with Gasteiger partial charge in [0.25, 0.3) is 0 Å². The van der Waals surface area contributed by atoms with E-state index in [9.17, 15) is 33.6 Å². The predicted octanol–water partition coefficient (Wildman–Crippen LogP) is 13.3. The molecule has 2 fully saturated rings. The van der Waals surface area contributed by atoms with Gasteiger partial charge in [0, 0.05) is 7.11 Å². The molecule has 0 unspecified atom stereocenters. The lowest BCUT2D eigenvalue weighted by molar-refractivity contribution is -0.325. The molecule has 492 valence electrons. The Morgan fingerprint density at radius 3 is 0.806 bits per heavy atom. The highest BCUT2D eigenvalue weighted by molar-refractivity contribution is 5.94. The van der Waals surface area contributed by atoms with Gasteiger partial charge in [-0.25, -0.2) is 33.6 Å². The van der Waals surface area contributed by atoms with Gasteiger partial charge in [-0.3, -0.25) is 0 Å². The maximum absolute atomic E-state index is 15.0. The summed E-state index contributed by atoms with van der Waals surface area (Å²) in [6.45, 7) is -1.46. The van der Waals surface area contributed by atoms with Crippen LogP contribution in [0.2, 0.25) is 0 Å². The molecule has 12 rings (SSSR count). The van der Waals surface area contributed by atoms with Crippen LogP contribution < -0.4 is 0 Å². The van der Waals surface area contributed by atoms with E-state index in [2.05, 4.69) is 0 Å². The molecule has 0 bridgehead atoms. The van der Waals surface area contributed by atoms with E-state index >= 15 is 0 Å². The number of benzene rings is 10. The summed E-state index contributed by atoms with van der Waals surface area (Å²) in [5, 5.41) is 0. The normalized spacial score (nSPS) is 20.3. The quantitative estimate of drug-likeness (QED) is 0.0454. The SMILES string of the molecule is CO[C@@H]1O[C@H](CO[C@@H]2O[C@H](COC(=O)c3ccccc3)[C@H](OC(=O)c3ccccc3)[C@H](OC(=O)c3ccccc3)[C@H]2OC(=O)c2ccccc2)[C@H](OC(=O)c2ccc(-c3ccccc3)cc2)[C@H](OC(=O)c2ccc(-c3ccccc3)cc2)[C@H]1OC(=O)c1ccc(-c2ccccc2)cc1. The van der Waals surface area contributed by atoms with E-state index < -0.39 is 116 Å². The second-order valence-electron chi connectivity index (χ2n) is 22.8. The third kappa shape index (κ3) is 16.2. The maximum atomic E-state index is 15.0. The molecular formula is C80H64O18. The van der Waals surface area contributed by atoms with Crippen LogP contribution in [0.15, 0.2) is 285 Å². The van der Waals surface area contributed by atoms with E-state index in [4.69, 9.17) is 52.1 Å². The third-order valence-electron chi connectivity index (χ3n) is 16.4. The number of rotatable bonds is 22. The molecule has 10 atom stereocenters. The van der Waals surface area contributed by atoms with Gasteiger partial charge in [0.15, 0.2) is 49.2 Å². The van der Waals surface area contributed by atoms with Crippen molar-refractivity contribution < 1.29 is 85.7 Å². The zero-order chi connectivity index (χ0) is 67.7. The van der Waals surface area contributed by atoms with E-state index in [0.29, 0.717) is 0 Å². The van der Waals surface area contributed by atoms with Crippen LogP contribution in [0.1, 0.15) is 72.5 Å². The first kappa shape index (κ1) is 66.4. The average Bonchev–Trinajstić information content (AvgIpc) is 0.777. The molecule has 0 amide bonds. The van der Waals surface area contributed by atoms with Gasteiger partial charge in [-0.05, 0) is 118 Å². The van der Waals surface area contributed by atoms with Crippen LogP contribution in [0.25, 0.3) is 33.4 Å². The zero-order valence-electron chi connectivity index (χ0n) is 52.7. The summed E-state index contributed by atoms with van der Waals surface area (Å²) >= 11 is 0. The second-order valence-corrected chi connectivity index (χ2v) is 22.8. The van der Waals surface area contributed by atoms with Crippen LogP contribution in [0, 0.1) is 0 Å². The lowest BCUT2D eigenvalue weighted by atomic mass is 9.96. The lowest BCUT2D eigenvalue weighted by Gasteiger charge is -2.46. The molecule has 0 aliphatic carbocycles. The van der Waals surface area contributed by atoms with Gasteiger partial charge in [-0.2, -0.15) is 0 Å². The molecular weight excluding hydrogens is 1250 g/mol. The molecule has 0 N–H and O–H groups in total. The van der Waals surface area contributed by atoms with Gasteiger partial charge in [-0.15, -0.1) is 0 Å². The highest BCUT2D eigenvalue weighted by Crippen LogP contribution is 2.36. The minimum Gasteiger partial charge on any atom is -0.459 e. The van der Waals surface area contributed by atoms with Crippen molar-refractivity contribution in [2.24, 2.45) is 0 Å². The fourth-order valence-electron chi connectivity index (χ4n) is 11.3. The molecule has 0 aromatic heterocycles. The summed E-state index contributed by atoms with van der Waals surface area (Å²) in [5.74, 6) is -6.48. The Balaban J connectivity index is 0.947. The minimum atomic E-state index is -1.91. The first-order chi connectivity index (χ1) is 47.9. The van der Waals surface area contributed by atoms with Crippen molar-refractivity contribution in [3.05, 3.63) is 324 Å². The van der Waals surface area contributed by atoms with Crippen molar-refractivity contribution in [2.75, 3.05) is 20.3 Å². The molecule has 18 nitrogen and oxygen atoms in total. The van der Waals surface area contributed by atoms with Gasteiger partial charge in [0.2, 0.25) is 0 Å². The van der Waals surface area contributed by atoms with Crippen molar-refractivity contribution in [3.63, 3.8) is 0 Å². The van der Waals surface area contributed by atoms with Crippen molar-refractivity contribution in [2.45, 2.75) is 61.4 Å². The number of carbonyl (C=O) groups is 7. The van der Waals surface area contributed by atoms with Gasteiger partial charge >= 0.3 is 41.8 Å². The molecule has 98 heavy (non-hydrogen) atoms. The molecule has 10 aromatic carbocycles. The summed E-state index contributed by atoms with van der Waals surface area (Å²) < 4.78 is 70.3. The zero-order valence-corrected chi connectivity index (χ0v) is 52.7. The van der Waals surface area contributed by atoms with Crippen LogP contribution in [0.4, 0.5) is 0 Å². The van der Waals surface area contributed by atoms with E-state index in [-0.39, 0.29) is 38.9 Å². The number of ether oxygens (including phenoxy) is 11. The Bertz CT molecular complexity index is 4320. The van der Waals surface area contributed by atoms with Gasteiger partial charge < -0.3 is 52.1 Å². The Morgan fingerprint density at radius 2 is 0.490 bits per heavy atom. The Hall–Kier alpha value is -11.7. The molecule has 10 aromatic rings. The van der Waals surface area contributed by atoms with E-state index in [1.807, 2.05) is 91.0 Å². The standard InChI is InChI=1S/C80H64O18/c1-88-79-70(97-78(87)63-47-41-56(42-48-63)53-27-13-4-14-28-53)68(95-77(86)62-45-39-55(40-46-62)52-25-11-3-12-26-52)67(94-76(85)61-43-37-54(38-44-61)51-23-9-2-10-24-51)65(91-79)50-90-80-71(98-75(84)60-35-21-8-22-36-60)69(96-74(83)59-33-19-7-20-34-59)66(93-73(82)58-31-17-6-18-32-58)64(92-80)49-89-72(81)57-29-15-5-16-30-57/h2-48,64-71,79-80H,49-50H2,1H3/t64-,65-,66+,67+,68+,69+,70-,71-,79-,80-/m1/s1. The van der Waals surface area contributed by atoms with Crippen LogP contribution in [0.5, 0.6) is 0 Å². The maximum Gasteiger partial charge on any atom is 0.338 e. The van der Waals surface area contributed by atoms with Crippen molar-refractivity contribution in [1.82, 2.24) is 0 Å². The monoisotopic (exact) mass is 1310 g/mol. The molecule has 2 aliphatic heterocycles.